The fraction of sp³-hybridized carbons (Fsp3) is 0.214. The van der Waals surface area contributed by atoms with Gasteiger partial charge in [-0.3, -0.25) is 9.78 Å². The van der Waals surface area contributed by atoms with Gasteiger partial charge in [0, 0.05) is 26.5 Å². The molecule has 0 aliphatic carbocycles. The first kappa shape index (κ1) is 13.0. The second-order valence-electron chi connectivity index (χ2n) is 4.27. The van der Waals surface area contributed by atoms with Gasteiger partial charge in [0.15, 0.2) is 0 Å². The van der Waals surface area contributed by atoms with Gasteiger partial charge in [-0.2, -0.15) is 0 Å². The molecular weight excluding hydrogens is 240 g/mol. The van der Waals surface area contributed by atoms with Gasteiger partial charge in [0.05, 0.1) is 17.8 Å². The first-order valence-corrected chi connectivity index (χ1v) is 5.99. The highest BCUT2D eigenvalue weighted by Crippen LogP contribution is 2.14. The number of nitrogens with zero attached hydrogens (tertiary/aromatic N) is 3. The van der Waals surface area contributed by atoms with Crippen LogP contribution in [-0.2, 0) is 6.54 Å². The van der Waals surface area contributed by atoms with Gasteiger partial charge >= 0.3 is 0 Å². The lowest BCUT2D eigenvalue weighted by atomic mass is 10.2. The van der Waals surface area contributed by atoms with Gasteiger partial charge in [-0.15, -0.1) is 0 Å². The Bertz CT molecular complexity index is 554. The van der Waals surface area contributed by atoms with E-state index in [1.54, 1.807) is 24.5 Å². The number of nitrogens with one attached hydrogen (secondary N) is 1. The lowest BCUT2D eigenvalue weighted by Gasteiger charge is -2.15. The molecule has 2 rings (SSSR count). The van der Waals surface area contributed by atoms with Gasteiger partial charge in [-0.25, -0.2) is 4.98 Å². The van der Waals surface area contributed by atoms with Crippen molar-refractivity contribution in [2.24, 2.45) is 0 Å². The smallest absolute Gasteiger partial charge is 0.255 e. The fourth-order valence-electron chi connectivity index (χ4n) is 1.70. The number of anilines is 1. The Morgan fingerprint density at radius 2 is 1.95 bits per heavy atom. The first-order chi connectivity index (χ1) is 9.18. The van der Waals surface area contributed by atoms with Gasteiger partial charge in [0.1, 0.15) is 5.82 Å². The van der Waals surface area contributed by atoms with Crippen molar-refractivity contribution in [3.8, 4) is 0 Å². The third kappa shape index (κ3) is 3.28. The number of carbonyl (C=O) groups excluding carboxylic acids is 1. The number of hydrogen-bond donors (Lipinski definition) is 1. The molecule has 0 unspecified atom stereocenters. The molecule has 1 N–H and O–H groups in total. The molecule has 2 aromatic rings. The van der Waals surface area contributed by atoms with Crippen LogP contribution in [0.15, 0.2) is 42.7 Å². The Morgan fingerprint density at radius 1 is 1.16 bits per heavy atom. The molecule has 0 radical (unpaired) electrons. The average Bonchev–Trinajstić information content (AvgIpc) is 2.46. The van der Waals surface area contributed by atoms with E-state index in [2.05, 4.69) is 15.3 Å². The van der Waals surface area contributed by atoms with Crippen LogP contribution in [0.4, 0.5) is 5.82 Å². The van der Waals surface area contributed by atoms with Crippen LogP contribution in [0.3, 0.4) is 0 Å². The zero-order valence-electron chi connectivity index (χ0n) is 11.0. The molecule has 0 spiro atoms. The first-order valence-electron chi connectivity index (χ1n) is 5.99. The molecule has 5 nitrogen and oxygen atoms in total. The van der Waals surface area contributed by atoms with E-state index >= 15 is 0 Å². The van der Waals surface area contributed by atoms with Gasteiger partial charge in [0.2, 0.25) is 0 Å². The van der Waals surface area contributed by atoms with Crippen LogP contribution in [0.1, 0.15) is 16.1 Å². The van der Waals surface area contributed by atoms with Gasteiger partial charge in [-0.05, 0) is 24.3 Å². The number of carbonyl (C=O) groups is 1. The van der Waals surface area contributed by atoms with Gasteiger partial charge in [-0.1, -0.05) is 6.07 Å². The minimum absolute atomic E-state index is 0.151. The van der Waals surface area contributed by atoms with Crippen LogP contribution in [0, 0.1) is 0 Å². The van der Waals surface area contributed by atoms with Crippen molar-refractivity contribution in [2.75, 3.05) is 19.0 Å². The van der Waals surface area contributed by atoms with Crippen molar-refractivity contribution in [3.63, 3.8) is 0 Å². The number of aromatic nitrogens is 2. The molecule has 0 fully saturated rings. The summed E-state index contributed by atoms with van der Waals surface area (Å²) in [6, 6.07) is 9.12. The van der Waals surface area contributed by atoms with Crippen LogP contribution < -0.4 is 10.2 Å². The zero-order valence-corrected chi connectivity index (χ0v) is 11.0. The lowest BCUT2D eigenvalue weighted by molar-refractivity contribution is 0.0950. The molecule has 0 aliphatic rings. The summed E-state index contributed by atoms with van der Waals surface area (Å²) in [5.74, 6) is 0.503. The largest absolute Gasteiger partial charge is 0.362 e. The van der Waals surface area contributed by atoms with E-state index in [0.29, 0.717) is 17.9 Å². The van der Waals surface area contributed by atoms with Crippen molar-refractivity contribution in [2.45, 2.75) is 6.54 Å². The maximum absolute atomic E-state index is 12.1. The lowest BCUT2D eigenvalue weighted by Crippen LogP contribution is -2.26. The molecule has 0 atom stereocenters. The van der Waals surface area contributed by atoms with Crippen molar-refractivity contribution in [1.82, 2.24) is 15.3 Å². The predicted molar refractivity (Wildman–Crippen MR) is 74.0 cm³/mol. The maximum Gasteiger partial charge on any atom is 0.255 e. The van der Waals surface area contributed by atoms with Crippen molar-refractivity contribution >= 4 is 11.7 Å². The monoisotopic (exact) mass is 256 g/mol. The van der Waals surface area contributed by atoms with E-state index in [9.17, 15) is 4.79 Å². The number of hydrogen-bond acceptors (Lipinski definition) is 4. The molecule has 0 aromatic carbocycles. The molecule has 1 amide bonds. The number of rotatable bonds is 4. The maximum atomic E-state index is 12.1. The van der Waals surface area contributed by atoms with Gasteiger partial charge in [0.25, 0.3) is 5.91 Å². The average molecular weight is 256 g/mol. The van der Waals surface area contributed by atoms with E-state index in [1.165, 1.54) is 0 Å². The summed E-state index contributed by atoms with van der Waals surface area (Å²) in [4.78, 5) is 22.3. The SMILES string of the molecule is CN(C)c1ncccc1C(=O)NCc1ccccn1. The van der Waals surface area contributed by atoms with Crippen LogP contribution in [0.25, 0.3) is 0 Å². The van der Waals surface area contributed by atoms with Crippen molar-refractivity contribution in [3.05, 3.63) is 54.0 Å². The van der Waals surface area contributed by atoms with Gasteiger partial charge < -0.3 is 10.2 Å². The molecule has 2 heterocycles. The number of pyridine rings is 2. The van der Waals surface area contributed by atoms with Crippen LogP contribution in [0.2, 0.25) is 0 Å². The summed E-state index contributed by atoms with van der Waals surface area (Å²) in [5.41, 5.74) is 1.38. The third-order valence-corrected chi connectivity index (χ3v) is 2.61. The second-order valence-corrected chi connectivity index (χ2v) is 4.27. The zero-order chi connectivity index (χ0) is 13.7. The van der Waals surface area contributed by atoms with Crippen LogP contribution in [0.5, 0.6) is 0 Å². The highest BCUT2D eigenvalue weighted by atomic mass is 16.1. The Morgan fingerprint density at radius 3 is 2.63 bits per heavy atom. The van der Waals surface area contributed by atoms with E-state index in [4.69, 9.17) is 0 Å². The summed E-state index contributed by atoms with van der Waals surface area (Å²) in [6.07, 6.45) is 3.38. The van der Waals surface area contributed by atoms with Crippen LogP contribution in [-0.4, -0.2) is 30.0 Å². The highest BCUT2D eigenvalue weighted by Gasteiger charge is 2.13. The highest BCUT2D eigenvalue weighted by molar-refractivity contribution is 5.98. The Labute approximate surface area is 112 Å². The molecule has 19 heavy (non-hydrogen) atoms. The summed E-state index contributed by atoms with van der Waals surface area (Å²) in [6.45, 7) is 0.404. The Kier molecular flexibility index (Phi) is 4.07. The molecule has 0 bridgehead atoms. The summed E-state index contributed by atoms with van der Waals surface area (Å²) >= 11 is 0. The molecule has 98 valence electrons. The molecule has 0 saturated heterocycles. The molecule has 0 aliphatic heterocycles. The second kappa shape index (κ2) is 5.95. The molecular formula is C14H16N4O. The molecule has 5 heteroatoms. The summed E-state index contributed by atoms with van der Waals surface area (Å²) in [7, 11) is 3.72. The van der Waals surface area contributed by atoms with Crippen molar-refractivity contribution < 1.29 is 4.79 Å². The van der Waals surface area contributed by atoms with Crippen LogP contribution >= 0.6 is 0 Å². The normalized spacial score (nSPS) is 10.0. The Balaban J connectivity index is 2.08. The predicted octanol–water partition coefficient (Wildman–Crippen LogP) is 1.47. The molecule has 0 saturated carbocycles. The Hall–Kier alpha value is -2.43. The third-order valence-electron chi connectivity index (χ3n) is 2.61. The van der Waals surface area contributed by atoms with E-state index in [0.717, 1.165) is 5.69 Å². The minimum Gasteiger partial charge on any atom is -0.362 e. The van der Waals surface area contributed by atoms with E-state index in [-0.39, 0.29) is 5.91 Å². The quantitative estimate of drug-likeness (QED) is 0.900. The fourth-order valence-corrected chi connectivity index (χ4v) is 1.70. The molecule has 2 aromatic heterocycles. The minimum atomic E-state index is -0.151. The summed E-state index contributed by atoms with van der Waals surface area (Å²) < 4.78 is 0. The van der Waals surface area contributed by atoms with E-state index < -0.39 is 0 Å². The summed E-state index contributed by atoms with van der Waals surface area (Å²) in [5, 5.41) is 2.84. The van der Waals surface area contributed by atoms with E-state index in [1.807, 2.05) is 37.2 Å². The number of amides is 1. The topological polar surface area (TPSA) is 58.1 Å². The van der Waals surface area contributed by atoms with Crippen molar-refractivity contribution in [1.29, 1.82) is 0 Å². The standard InChI is InChI=1S/C14H16N4O/c1-18(2)13-12(7-5-9-16-13)14(19)17-10-11-6-3-4-8-15-11/h3-9H,10H2,1-2H3,(H,17,19).